The second-order valence-corrected chi connectivity index (χ2v) is 4.73. The average molecular weight is 242 g/mol. The van der Waals surface area contributed by atoms with Crippen LogP contribution in [-0.2, 0) is 9.53 Å². The lowest BCUT2D eigenvalue weighted by Crippen LogP contribution is -2.39. The topological polar surface area (TPSA) is 64.3 Å². The smallest absolute Gasteiger partial charge is 0.223 e. The highest BCUT2D eigenvalue weighted by Gasteiger charge is 2.29. The molecule has 4 heteroatoms. The first kappa shape index (κ1) is 14.5. The summed E-state index contributed by atoms with van der Waals surface area (Å²) in [5.41, 5.74) is 5.73. The van der Waals surface area contributed by atoms with Crippen LogP contribution < -0.4 is 11.1 Å². The summed E-state index contributed by atoms with van der Waals surface area (Å²) in [6.07, 6.45) is 5.37. The van der Waals surface area contributed by atoms with Crippen LogP contribution in [0, 0.1) is 11.8 Å². The van der Waals surface area contributed by atoms with E-state index < -0.39 is 0 Å². The molecule has 2 unspecified atom stereocenters. The molecule has 17 heavy (non-hydrogen) atoms. The van der Waals surface area contributed by atoms with Crippen LogP contribution in [0.25, 0.3) is 0 Å². The Kier molecular flexibility index (Phi) is 7.21. The molecule has 1 saturated carbocycles. The Morgan fingerprint density at radius 2 is 2.18 bits per heavy atom. The number of nitrogens with one attached hydrogen (secondary N) is 1. The first-order chi connectivity index (χ1) is 8.29. The maximum absolute atomic E-state index is 12.0. The summed E-state index contributed by atoms with van der Waals surface area (Å²) in [6, 6.07) is 0. The predicted molar refractivity (Wildman–Crippen MR) is 68.6 cm³/mol. The molecule has 0 aromatic heterocycles. The van der Waals surface area contributed by atoms with E-state index in [0.29, 0.717) is 19.0 Å². The lowest BCUT2D eigenvalue weighted by molar-refractivity contribution is -0.127. The summed E-state index contributed by atoms with van der Waals surface area (Å²) in [6.45, 7) is 4.80. The molecule has 1 amide bonds. The highest BCUT2D eigenvalue weighted by atomic mass is 16.5. The van der Waals surface area contributed by atoms with E-state index in [1.807, 2.05) is 6.92 Å². The molecule has 0 heterocycles. The Labute approximate surface area is 104 Å². The second-order valence-electron chi connectivity index (χ2n) is 4.73. The maximum atomic E-state index is 12.0. The molecule has 0 aromatic rings. The van der Waals surface area contributed by atoms with Gasteiger partial charge in [-0.25, -0.2) is 0 Å². The summed E-state index contributed by atoms with van der Waals surface area (Å²) >= 11 is 0. The molecule has 0 aromatic carbocycles. The number of ether oxygens (including phenoxy) is 1. The molecule has 0 radical (unpaired) electrons. The fourth-order valence-electron chi connectivity index (χ4n) is 2.50. The van der Waals surface area contributed by atoms with Crippen LogP contribution in [0.1, 0.15) is 39.0 Å². The van der Waals surface area contributed by atoms with Crippen molar-refractivity contribution in [3.8, 4) is 0 Å². The van der Waals surface area contributed by atoms with Crippen LogP contribution in [-0.4, -0.2) is 32.2 Å². The van der Waals surface area contributed by atoms with Crippen molar-refractivity contribution in [1.82, 2.24) is 5.32 Å². The van der Waals surface area contributed by atoms with Crippen LogP contribution in [0.5, 0.6) is 0 Å². The highest BCUT2D eigenvalue weighted by Crippen LogP contribution is 2.29. The van der Waals surface area contributed by atoms with E-state index >= 15 is 0 Å². The van der Waals surface area contributed by atoms with Gasteiger partial charge in [-0.1, -0.05) is 12.8 Å². The third kappa shape index (κ3) is 5.04. The van der Waals surface area contributed by atoms with Gasteiger partial charge in [0.1, 0.15) is 0 Å². The van der Waals surface area contributed by atoms with Crippen LogP contribution in [0.2, 0.25) is 0 Å². The highest BCUT2D eigenvalue weighted by molar-refractivity contribution is 5.79. The van der Waals surface area contributed by atoms with Gasteiger partial charge in [-0.05, 0) is 38.6 Å². The van der Waals surface area contributed by atoms with Gasteiger partial charge >= 0.3 is 0 Å². The van der Waals surface area contributed by atoms with E-state index in [1.54, 1.807) is 0 Å². The molecule has 0 saturated heterocycles. The van der Waals surface area contributed by atoms with E-state index in [4.69, 9.17) is 10.5 Å². The zero-order valence-corrected chi connectivity index (χ0v) is 10.9. The molecular formula is C13H26N2O2. The van der Waals surface area contributed by atoms with Crippen molar-refractivity contribution in [2.45, 2.75) is 39.0 Å². The first-order valence-electron chi connectivity index (χ1n) is 6.85. The molecule has 1 rings (SSSR count). The number of carbonyl (C=O) groups is 1. The van der Waals surface area contributed by atoms with E-state index in [0.717, 1.165) is 38.9 Å². The summed E-state index contributed by atoms with van der Waals surface area (Å²) < 4.78 is 5.23. The molecule has 1 fully saturated rings. The average Bonchev–Trinajstić information content (AvgIpc) is 2.38. The molecule has 1 aliphatic carbocycles. The van der Waals surface area contributed by atoms with Gasteiger partial charge in [0, 0.05) is 25.7 Å². The zero-order valence-electron chi connectivity index (χ0n) is 10.9. The van der Waals surface area contributed by atoms with Crippen LogP contribution >= 0.6 is 0 Å². The number of hydrogen-bond donors (Lipinski definition) is 2. The Morgan fingerprint density at radius 1 is 1.41 bits per heavy atom. The minimum Gasteiger partial charge on any atom is -0.382 e. The van der Waals surface area contributed by atoms with Gasteiger partial charge in [0.25, 0.3) is 0 Å². The fraction of sp³-hybridized carbons (Fsp3) is 0.923. The fourth-order valence-corrected chi connectivity index (χ4v) is 2.50. The van der Waals surface area contributed by atoms with Crippen LogP contribution in [0.4, 0.5) is 0 Å². The van der Waals surface area contributed by atoms with Crippen molar-refractivity contribution in [1.29, 1.82) is 0 Å². The van der Waals surface area contributed by atoms with E-state index in [1.165, 1.54) is 6.42 Å². The van der Waals surface area contributed by atoms with Gasteiger partial charge in [-0.15, -0.1) is 0 Å². The number of hydrogen-bond acceptors (Lipinski definition) is 3. The largest absolute Gasteiger partial charge is 0.382 e. The van der Waals surface area contributed by atoms with Gasteiger partial charge in [-0.2, -0.15) is 0 Å². The Balaban J connectivity index is 2.20. The van der Waals surface area contributed by atoms with Crippen molar-refractivity contribution in [2.24, 2.45) is 17.6 Å². The molecule has 3 N–H and O–H groups in total. The van der Waals surface area contributed by atoms with Crippen LogP contribution in [0.3, 0.4) is 0 Å². The van der Waals surface area contributed by atoms with E-state index in [-0.39, 0.29) is 11.8 Å². The van der Waals surface area contributed by atoms with Gasteiger partial charge in [0.15, 0.2) is 0 Å². The third-order valence-corrected chi connectivity index (χ3v) is 3.52. The van der Waals surface area contributed by atoms with Crippen molar-refractivity contribution in [3.63, 3.8) is 0 Å². The quantitative estimate of drug-likeness (QED) is 0.661. The molecule has 2 atom stereocenters. The first-order valence-corrected chi connectivity index (χ1v) is 6.85. The zero-order chi connectivity index (χ0) is 12.5. The van der Waals surface area contributed by atoms with Gasteiger partial charge in [0.2, 0.25) is 5.91 Å². The van der Waals surface area contributed by atoms with E-state index in [9.17, 15) is 4.79 Å². The van der Waals surface area contributed by atoms with Crippen molar-refractivity contribution < 1.29 is 9.53 Å². The van der Waals surface area contributed by atoms with E-state index in [2.05, 4.69) is 5.32 Å². The number of nitrogens with two attached hydrogens (primary N) is 1. The third-order valence-electron chi connectivity index (χ3n) is 3.52. The standard InChI is InChI=1S/C13H26N2O2/c1-2-17-9-5-8-15-13(16)12-7-4-3-6-11(12)10-14/h11-12H,2-10,14H2,1H3,(H,15,16). The summed E-state index contributed by atoms with van der Waals surface area (Å²) in [4.78, 5) is 12.0. The molecule has 0 bridgehead atoms. The Hall–Kier alpha value is -0.610. The number of rotatable bonds is 7. The minimum atomic E-state index is 0.140. The molecule has 4 nitrogen and oxygen atoms in total. The van der Waals surface area contributed by atoms with Crippen LogP contribution in [0.15, 0.2) is 0 Å². The number of amides is 1. The summed E-state index contributed by atoms with van der Waals surface area (Å²) in [5.74, 6) is 0.716. The molecule has 0 aliphatic heterocycles. The van der Waals surface area contributed by atoms with Crippen molar-refractivity contribution >= 4 is 5.91 Å². The Bertz CT molecular complexity index is 221. The van der Waals surface area contributed by atoms with Gasteiger partial charge < -0.3 is 15.8 Å². The van der Waals surface area contributed by atoms with Crippen molar-refractivity contribution in [2.75, 3.05) is 26.3 Å². The molecule has 0 spiro atoms. The lowest BCUT2D eigenvalue weighted by atomic mass is 9.79. The molecule has 1 aliphatic rings. The second kappa shape index (κ2) is 8.48. The predicted octanol–water partition coefficient (Wildman–Crippen LogP) is 1.29. The van der Waals surface area contributed by atoms with Gasteiger partial charge in [-0.3, -0.25) is 4.79 Å². The molecular weight excluding hydrogens is 216 g/mol. The summed E-state index contributed by atoms with van der Waals surface area (Å²) in [5, 5.41) is 3.00. The number of carbonyl (C=O) groups excluding carboxylic acids is 1. The Morgan fingerprint density at radius 3 is 2.88 bits per heavy atom. The normalized spacial score (nSPS) is 24.6. The minimum absolute atomic E-state index is 0.140. The van der Waals surface area contributed by atoms with Crippen molar-refractivity contribution in [3.05, 3.63) is 0 Å². The summed E-state index contributed by atoms with van der Waals surface area (Å²) in [7, 11) is 0. The molecule has 100 valence electrons. The van der Waals surface area contributed by atoms with Gasteiger partial charge in [0.05, 0.1) is 0 Å². The SMILES string of the molecule is CCOCCCNC(=O)C1CCCCC1CN. The maximum Gasteiger partial charge on any atom is 0.223 e. The lowest BCUT2D eigenvalue weighted by Gasteiger charge is -2.29. The monoisotopic (exact) mass is 242 g/mol.